The number of aryl methyl sites for hydroxylation is 2. The molecular formula is C22H32O2. The third-order valence-electron chi connectivity index (χ3n) is 5.94. The van der Waals surface area contributed by atoms with Gasteiger partial charge in [-0.15, -0.1) is 0 Å². The van der Waals surface area contributed by atoms with E-state index < -0.39 is 5.97 Å². The van der Waals surface area contributed by atoms with Gasteiger partial charge in [-0.2, -0.15) is 0 Å². The summed E-state index contributed by atoms with van der Waals surface area (Å²) in [6.45, 7) is 0. The standard InChI is InChI=1S/C22H32O2/c23-21(24)22(15-16-22)14-5-4-9-20-11-6-10-19(17-20)8-3-1-2-7-18-12-13-18/h6,10-11,17-18H,1-5,7-9,12-16H2,(H,23,24). The fourth-order valence-electron chi connectivity index (χ4n) is 3.80. The largest absolute Gasteiger partial charge is 0.481 e. The van der Waals surface area contributed by atoms with Gasteiger partial charge < -0.3 is 5.11 Å². The molecule has 3 rings (SSSR count). The molecule has 2 fully saturated rings. The van der Waals surface area contributed by atoms with Gasteiger partial charge in [0.1, 0.15) is 0 Å². The molecule has 1 aromatic carbocycles. The van der Waals surface area contributed by atoms with Crippen LogP contribution in [0.4, 0.5) is 0 Å². The summed E-state index contributed by atoms with van der Waals surface area (Å²) in [5, 5.41) is 9.21. The SMILES string of the molecule is O=C(O)C1(CCCCc2cccc(CCCCCC3CC3)c2)CC1. The van der Waals surface area contributed by atoms with E-state index in [-0.39, 0.29) is 5.41 Å². The first-order valence-corrected chi connectivity index (χ1v) is 9.99. The molecule has 2 aliphatic rings. The van der Waals surface area contributed by atoms with Crippen LogP contribution in [0, 0.1) is 11.3 Å². The number of aliphatic carboxylic acids is 1. The number of carboxylic acids is 1. The van der Waals surface area contributed by atoms with Gasteiger partial charge in [-0.25, -0.2) is 0 Å². The van der Waals surface area contributed by atoms with E-state index in [1.165, 1.54) is 56.1 Å². The van der Waals surface area contributed by atoms with E-state index in [9.17, 15) is 9.90 Å². The second-order valence-corrected chi connectivity index (χ2v) is 8.16. The van der Waals surface area contributed by atoms with Crippen LogP contribution in [0.3, 0.4) is 0 Å². The fraction of sp³-hybridized carbons (Fsp3) is 0.682. The van der Waals surface area contributed by atoms with Gasteiger partial charge in [-0.3, -0.25) is 4.79 Å². The number of unbranched alkanes of at least 4 members (excludes halogenated alkanes) is 3. The summed E-state index contributed by atoms with van der Waals surface area (Å²) in [7, 11) is 0. The van der Waals surface area contributed by atoms with Gasteiger partial charge in [-0.1, -0.05) is 62.8 Å². The van der Waals surface area contributed by atoms with Crippen molar-refractivity contribution in [1.29, 1.82) is 0 Å². The Balaban J connectivity index is 1.31. The topological polar surface area (TPSA) is 37.3 Å². The number of carboxylic acid groups (broad SMARTS) is 1. The molecule has 2 saturated carbocycles. The van der Waals surface area contributed by atoms with Gasteiger partial charge in [0.25, 0.3) is 0 Å². The van der Waals surface area contributed by atoms with E-state index in [0.29, 0.717) is 0 Å². The Labute approximate surface area is 146 Å². The molecule has 2 nitrogen and oxygen atoms in total. The first kappa shape index (κ1) is 17.5. The Morgan fingerprint density at radius 1 is 1.00 bits per heavy atom. The summed E-state index contributed by atoms with van der Waals surface area (Å²) in [4.78, 5) is 11.2. The molecule has 0 saturated heterocycles. The second kappa shape index (κ2) is 8.18. The van der Waals surface area contributed by atoms with Crippen molar-refractivity contribution < 1.29 is 9.90 Å². The van der Waals surface area contributed by atoms with Crippen molar-refractivity contribution in [3.63, 3.8) is 0 Å². The monoisotopic (exact) mass is 328 g/mol. The predicted molar refractivity (Wildman–Crippen MR) is 98.2 cm³/mol. The fourth-order valence-corrected chi connectivity index (χ4v) is 3.80. The van der Waals surface area contributed by atoms with E-state index in [2.05, 4.69) is 24.3 Å². The number of benzene rings is 1. The predicted octanol–water partition coefficient (Wildman–Crippen LogP) is 5.78. The highest BCUT2D eigenvalue weighted by atomic mass is 16.4. The lowest BCUT2D eigenvalue weighted by Crippen LogP contribution is -2.14. The molecule has 0 heterocycles. The summed E-state index contributed by atoms with van der Waals surface area (Å²) >= 11 is 0. The van der Waals surface area contributed by atoms with Gasteiger partial charge in [0.15, 0.2) is 0 Å². The molecule has 0 spiro atoms. The molecule has 132 valence electrons. The molecule has 0 aliphatic heterocycles. The number of hydrogen-bond donors (Lipinski definition) is 1. The normalized spacial score (nSPS) is 18.5. The summed E-state index contributed by atoms with van der Waals surface area (Å²) in [5.74, 6) is 0.496. The maximum atomic E-state index is 11.2. The molecule has 0 atom stereocenters. The lowest BCUT2D eigenvalue weighted by atomic mass is 9.96. The minimum atomic E-state index is -0.578. The van der Waals surface area contributed by atoms with Crippen LogP contribution in [-0.2, 0) is 17.6 Å². The number of hydrogen-bond acceptors (Lipinski definition) is 1. The molecule has 2 heteroatoms. The average molecular weight is 328 g/mol. The Morgan fingerprint density at radius 2 is 1.67 bits per heavy atom. The summed E-state index contributed by atoms with van der Waals surface area (Å²) in [5.41, 5.74) is 2.55. The molecule has 0 aromatic heterocycles. The zero-order valence-electron chi connectivity index (χ0n) is 14.9. The molecule has 2 aliphatic carbocycles. The lowest BCUT2D eigenvalue weighted by Gasteiger charge is -2.09. The molecule has 0 radical (unpaired) electrons. The Bertz CT molecular complexity index is 541. The molecule has 1 aromatic rings. The van der Waals surface area contributed by atoms with Crippen molar-refractivity contribution in [2.75, 3.05) is 0 Å². The summed E-state index contributed by atoms with van der Waals surface area (Å²) < 4.78 is 0. The lowest BCUT2D eigenvalue weighted by molar-refractivity contribution is -0.143. The second-order valence-electron chi connectivity index (χ2n) is 8.16. The third-order valence-corrected chi connectivity index (χ3v) is 5.94. The van der Waals surface area contributed by atoms with Crippen molar-refractivity contribution >= 4 is 5.97 Å². The Hall–Kier alpha value is -1.31. The Morgan fingerprint density at radius 3 is 2.25 bits per heavy atom. The van der Waals surface area contributed by atoms with Crippen LogP contribution in [0.5, 0.6) is 0 Å². The van der Waals surface area contributed by atoms with Crippen molar-refractivity contribution in [3.8, 4) is 0 Å². The molecule has 24 heavy (non-hydrogen) atoms. The maximum absolute atomic E-state index is 11.2. The van der Waals surface area contributed by atoms with Gasteiger partial charge in [0, 0.05) is 0 Å². The van der Waals surface area contributed by atoms with E-state index in [1.54, 1.807) is 0 Å². The molecular weight excluding hydrogens is 296 g/mol. The molecule has 1 N–H and O–H groups in total. The van der Waals surface area contributed by atoms with Crippen LogP contribution < -0.4 is 0 Å². The van der Waals surface area contributed by atoms with Gasteiger partial charge >= 0.3 is 5.97 Å². The van der Waals surface area contributed by atoms with Crippen molar-refractivity contribution in [2.24, 2.45) is 11.3 Å². The number of carbonyl (C=O) groups is 1. The van der Waals surface area contributed by atoms with Crippen LogP contribution in [0.1, 0.15) is 81.8 Å². The minimum Gasteiger partial charge on any atom is -0.481 e. The highest BCUT2D eigenvalue weighted by Crippen LogP contribution is 2.50. The van der Waals surface area contributed by atoms with Gasteiger partial charge in [0.05, 0.1) is 5.41 Å². The highest BCUT2D eigenvalue weighted by molar-refractivity contribution is 5.77. The van der Waals surface area contributed by atoms with Crippen LogP contribution >= 0.6 is 0 Å². The number of rotatable bonds is 12. The Kier molecular flexibility index (Phi) is 5.97. The van der Waals surface area contributed by atoms with Crippen molar-refractivity contribution in [1.82, 2.24) is 0 Å². The molecule has 0 amide bonds. The van der Waals surface area contributed by atoms with Gasteiger partial charge in [-0.05, 0) is 62.0 Å². The maximum Gasteiger partial charge on any atom is 0.309 e. The minimum absolute atomic E-state index is 0.345. The highest BCUT2D eigenvalue weighted by Gasteiger charge is 2.49. The van der Waals surface area contributed by atoms with Crippen molar-refractivity contribution in [2.45, 2.75) is 83.5 Å². The third kappa shape index (κ3) is 5.36. The van der Waals surface area contributed by atoms with Crippen LogP contribution in [0.25, 0.3) is 0 Å². The van der Waals surface area contributed by atoms with Crippen LogP contribution in [0.2, 0.25) is 0 Å². The first-order chi connectivity index (χ1) is 11.7. The first-order valence-electron chi connectivity index (χ1n) is 9.99. The summed E-state index contributed by atoms with van der Waals surface area (Å²) in [6, 6.07) is 9.04. The van der Waals surface area contributed by atoms with E-state index in [1.807, 2.05) is 0 Å². The average Bonchev–Trinajstić information content (AvgIpc) is 3.46. The zero-order valence-corrected chi connectivity index (χ0v) is 14.9. The van der Waals surface area contributed by atoms with E-state index in [4.69, 9.17) is 0 Å². The van der Waals surface area contributed by atoms with Crippen LogP contribution in [0.15, 0.2) is 24.3 Å². The molecule has 0 unspecified atom stereocenters. The summed E-state index contributed by atoms with van der Waals surface area (Å²) in [6.07, 6.45) is 15.6. The quantitative estimate of drug-likeness (QED) is 0.494. The van der Waals surface area contributed by atoms with E-state index in [0.717, 1.165) is 44.4 Å². The smallest absolute Gasteiger partial charge is 0.309 e. The van der Waals surface area contributed by atoms with Crippen LogP contribution in [-0.4, -0.2) is 11.1 Å². The van der Waals surface area contributed by atoms with Crippen molar-refractivity contribution in [3.05, 3.63) is 35.4 Å². The zero-order chi connectivity index (χ0) is 16.8. The van der Waals surface area contributed by atoms with E-state index >= 15 is 0 Å². The van der Waals surface area contributed by atoms with Gasteiger partial charge in [0.2, 0.25) is 0 Å². The molecule has 0 bridgehead atoms.